The molecule has 3 unspecified atom stereocenters. The Morgan fingerprint density at radius 3 is 2.10 bits per heavy atom. The van der Waals surface area contributed by atoms with E-state index in [2.05, 4.69) is 10.1 Å². The zero-order chi connectivity index (χ0) is 31.4. The van der Waals surface area contributed by atoms with Crippen molar-refractivity contribution in [3.8, 4) is 0 Å². The molecule has 0 radical (unpaired) electrons. The lowest BCUT2D eigenvalue weighted by molar-refractivity contribution is -0.178. The van der Waals surface area contributed by atoms with Gasteiger partial charge in [-0.2, -0.15) is 0 Å². The summed E-state index contributed by atoms with van der Waals surface area (Å²) in [6.45, 7) is 4.07. The minimum absolute atomic E-state index is 0.0275. The van der Waals surface area contributed by atoms with E-state index >= 15 is 0 Å². The van der Waals surface area contributed by atoms with Gasteiger partial charge in [-0.1, -0.05) is 44.2 Å². The van der Waals surface area contributed by atoms with Crippen molar-refractivity contribution in [1.82, 2.24) is 5.32 Å². The van der Waals surface area contributed by atoms with E-state index in [0.717, 1.165) is 6.26 Å². The fourth-order valence-electron chi connectivity index (χ4n) is 3.75. The number of amides is 1. The van der Waals surface area contributed by atoms with Crippen LogP contribution < -0.4 is 11.1 Å². The first-order chi connectivity index (χ1) is 19.0. The third kappa shape index (κ3) is 11.9. The monoisotopic (exact) mass is 642 g/mol. The predicted molar refractivity (Wildman–Crippen MR) is 150 cm³/mol. The molecule has 0 saturated carbocycles. The van der Waals surface area contributed by atoms with Crippen molar-refractivity contribution in [2.75, 3.05) is 25.2 Å². The topological polar surface area (TPSA) is 219 Å². The molecule has 0 bridgehead atoms. The summed E-state index contributed by atoms with van der Waals surface area (Å²) >= 11 is 0. The number of ether oxygens (including phenoxy) is 3. The summed E-state index contributed by atoms with van der Waals surface area (Å²) in [4.78, 5) is 37.3. The Hall–Kier alpha value is -2.76. The van der Waals surface area contributed by atoms with Crippen LogP contribution in [0.5, 0.6) is 0 Å². The maximum atomic E-state index is 13.2. The summed E-state index contributed by atoms with van der Waals surface area (Å²) in [7, 11) is -11.2. The Morgan fingerprint density at radius 2 is 1.61 bits per heavy atom. The summed E-state index contributed by atoms with van der Waals surface area (Å²) < 4.78 is 84.9. The standard InChI is InChI=1S/C24H38N2O12S3/c1-5-36-23(29)38-22(16(2)3)37-20(27)15-26-21(28)18(13-17-9-7-6-8-10-17)14-24(39(30)31,40(32)33)19(25)11-12-41(4,34)35/h6-10,16,18-19,22,39-40H,5,11-15,25H2,1-4H3,(H,26,28). The van der Waals surface area contributed by atoms with Gasteiger partial charge in [-0.15, -0.1) is 0 Å². The number of benzene rings is 1. The number of carbonyl (C=O) groups excluding carboxylic acids is 3. The van der Waals surface area contributed by atoms with E-state index in [0.29, 0.717) is 5.56 Å². The maximum absolute atomic E-state index is 13.2. The molecule has 1 aromatic carbocycles. The van der Waals surface area contributed by atoms with Crippen LogP contribution in [0.25, 0.3) is 0 Å². The molecule has 0 spiro atoms. The zero-order valence-corrected chi connectivity index (χ0v) is 25.8. The average Bonchev–Trinajstić information content (AvgIpc) is 2.87. The fourth-order valence-corrected chi connectivity index (χ4v) is 6.50. The maximum Gasteiger partial charge on any atom is 0.511 e. The van der Waals surface area contributed by atoms with Crippen molar-refractivity contribution in [1.29, 1.82) is 0 Å². The highest BCUT2D eigenvalue weighted by Gasteiger charge is 2.47. The van der Waals surface area contributed by atoms with Crippen molar-refractivity contribution in [3.63, 3.8) is 0 Å². The lowest BCUT2D eigenvalue weighted by Crippen LogP contribution is -2.54. The van der Waals surface area contributed by atoms with Crippen LogP contribution in [0.2, 0.25) is 0 Å². The van der Waals surface area contributed by atoms with E-state index in [4.69, 9.17) is 15.2 Å². The number of rotatable bonds is 17. The average molecular weight is 643 g/mol. The normalized spacial score (nSPS) is 14.3. The van der Waals surface area contributed by atoms with Gasteiger partial charge in [-0.25, -0.2) is 30.0 Å². The molecule has 0 aromatic heterocycles. The molecule has 1 amide bonds. The van der Waals surface area contributed by atoms with E-state index in [-0.39, 0.29) is 13.0 Å². The Balaban J connectivity index is 3.23. The van der Waals surface area contributed by atoms with Crippen LogP contribution in [0, 0.1) is 11.8 Å². The lowest BCUT2D eigenvalue weighted by atomic mass is 9.91. The van der Waals surface area contributed by atoms with Gasteiger partial charge in [0.2, 0.25) is 5.91 Å². The van der Waals surface area contributed by atoms with Crippen molar-refractivity contribution >= 4 is 49.3 Å². The Labute approximate surface area is 243 Å². The van der Waals surface area contributed by atoms with Gasteiger partial charge in [0, 0.05) is 24.1 Å². The van der Waals surface area contributed by atoms with Crippen molar-refractivity contribution in [2.45, 2.75) is 56.4 Å². The lowest BCUT2D eigenvalue weighted by Gasteiger charge is -2.31. The molecule has 0 aliphatic rings. The molecule has 0 heterocycles. The number of hydrogen-bond donors (Lipinski definition) is 4. The van der Waals surface area contributed by atoms with E-state index < -0.39 is 103 Å². The third-order valence-corrected chi connectivity index (χ3v) is 10.2. The highest BCUT2D eigenvalue weighted by molar-refractivity contribution is 7.93. The van der Waals surface area contributed by atoms with Gasteiger partial charge in [0.25, 0.3) is 6.29 Å². The van der Waals surface area contributed by atoms with E-state index in [1.54, 1.807) is 51.1 Å². The number of thiol groups is 2. The van der Waals surface area contributed by atoms with Crippen LogP contribution in [-0.4, -0.2) is 84.9 Å². The number of hydrogen-bond acceptors (Lipinski definition) is 13. The number of carbonyl (C=O) groups is 3. The molecule has 14 nitrogen and oxygen atoms in total. The van der Waals surface area contributed by atoms with Crippen molar-refractivity contribution < 1.29 is 53.8 Å². The highest BCUT2D eigenvalue weighted by Crippen LogP contribution is 2.30. The highest BCUT2D eigenvalue weighted by atomic mass is 32.2. The van der Waals surface area contributed by atoms with Crippen LogP contribution in [0.15, 0.2) is 30.3 Å². The van der Waals surface area contributed by atoms with Gasteiger partial charge in [0.05, 0.1) is 12.4 Å². The van der Waals surface area contributed by atoms with Crippen LogP contribution in [0.1, 0.15) is 39.2 Å². The largest absolute Gasteiger partial charge is 0.511 e. The minimum atomic E-state index is -3.81. The number of nitrogens with two attached hydrogens (primary N) is 1. The molecule has 1 rings (SSSR count). The molecular weight excluding hydrogens is 604 g/mol. The Bertz CT molecular complexity index is 1260. The molecule has 0 aliphatic heterocycles. The third-order valence-electron chi connectivity index (χ3n) is 5.94. The Morgan fingerprint density at radius 1 is 1.02 bits per heavy atom. The van der Waals surface area contributed by atoms with E-state index in [1.807, 2.05) is 0 Å². The molecule has 0 saturated heterocycles. The van der Waals surface area contributed by atoms with Gasteiger partial charge in [-0.3, -0.25) is 9.59 Å². The first-order valence-electron chi connectivity index (χ1n) is 12.6. The van der Waals surface area contributed by atoms with Gasteiger partial charge in [0.1, 0.15) is 16.4 Å². The second kappa shape index (κ2) is 16.6. The molecule has 3 atom stereocenters. The molecule has 0 fully saturated rings. The smallest absolute Gasteiger partial charge is 0.435 e. The zero-order valence-electron chi connectivity index (χ0n) is 23.2. The van der Waals surface area contributed by atoms with E-state index in [1.165, 1.54) is 0 Å². The summed E-state index contributed by atoms with van der Waals surface area (Å²) in [5, 5.41) is 2.31. The first kappa shape index (κ1) is 36.3. The van der Waals surface area contributed by atoms with Crippen LogP contribution >= 0.6 is 0 Å². The van der Waals surface area contributed by atoms with Crippen LogP contribution in [0.4, 0.5) is 4.79 Å². The minimum Gasteiger partial charge on any atom is -0.435 e. The SMILES string of the molecule is CCOC(=O)OC(OC(=O)CNC(=O)C(Cc1ccccc1)CC(C(N)CCS(C)(=O)=O)([SH](=O)=O)[SH](=O)=O)C(C)C. The van der Waals surface area contributed by atoms with Gasteiger partial charge in [-0.05, 0) is 31.7 Å². The number of sulfone groups is 1. The number of esters is 1. The molecule has 17 heteroatoms. The molecule has 234 valence electrons. The van der Waals surface area contributed by atoms with Gasteiger partial charge in [0.15, 0.2) is 25.5 Å². The summed E-state index contributed by atoms with van der Waals surface area (Å²) in [6, 6.07) is 6.62. The van der Waals surface area contributed by atoms with E-state index in [9.17, 15) is 39.6 Å². The van der Waals surface area contributed by atoms with Crippen LogP contribution in [-0.2, 0) is 61.5 Å². The molecule has 1 aromatic rings. The van der Waals surface area contributed by atoms with Crippen LogP contribution in [0.3, 0.4) is 0 Å². The second-order valence-corrected chi connectivity index (χ2v) is 14.9. The van der Waals surface area contributed by atoms with Gasteiger partial charge < -0.3 is 25.3 Å². The fraction of sp³-hybridized carbons (Fsp3) is 0.625. The summed E-state index contributed by atoms with van der Waals surface area (Å²) in [5.74, 6) is -4.26. The number of nitrogens with one attached hydrogen (secondary N) is 1. The molecule has 3 N–H and O–H groups in total. The quantitative estimate of drug-likeness (QED) is 0.0978. The predicted octanol–water partition coefficient (Wildman–Crippen LogP) is -0.269. The Kier molecular flexibility index (Phi) is 14.7. The summed E-state index contributed by atoms with van der Waals surface area (Å²) in [6.07, 6.45) is -2.92. The van der Waals surface area contributed by atoms with Gasteiger partial charge >= 0.3 is 12.1 Å². The molecule has 0 aliphatic carbocycles. The summed E-state index contributed by atoms with van der Waals surface area (Å²) in [5.41, 5.74) is 6.54. The second-order valence-electron chi connectivity index (χ2n) is 9.63. The van der Waals surface area contributed by atoms with Crippen molar-refractivity contribution in [3.05, 3.63) is 35.9 Å². The van der Waals surface area contributed by atoms with Crippen molar-refractivity contribution in [2.24, 2.45) is 17.6 Å². The first-order valence-corrected chi connectivity index (χ1v) is 17.0. The molecular formula is C24H38N2O12S3. The molecule has 41 heavy (non-hydrogen) atoms.